The topological polar surface area (TPSA) is 109 Å². The highest BCUT2D eigenvalue weighted by Gasteiger charge is 2.18. The lowest BCUT2D eigenvalue weighted by Crippen LogP contribution is -2.44. The van der Waals surface area contributed by atoms with Gasteiger partial charge in [0.05, 0.1) is 11.6 Å². The molecule has 1 aromatic rings. The lowest BCUT2D eigenvalue weighted by atomic mass is 10.1. The van der Waals surface area contributed by atoms with Gasteiger partial charge in [0.1, 0.15) is 6.04 Å². The van der Waals surface area contributed by atoms with E-state index in [-0.39, 0.29) is 5.91 Å². The Morgan fingerprint density at radius 3 is 2.84 bits per heavy atom. The number of aromatic nitrogens is 1. The van der Waals surface area contributed by atoms with Gasteiger partial charge in [0, 0.05) is 18.8 Å². The van der Waals surface area contributed by atoms with Crippen molar-refractivity contribution in [3.05, 3.63) is 30.1 Å². The smallest absolute Gasteiger partial charge is 0.253 e. The number of hydrogen-bond donors (Lipinski definition) is 2. The molecular formula is C13H16N4O2. The summed E-state index contributed by atoms with van der Waals surface area (Å²) in [6.07, 6.45) is 5.19. The van der Waals surface area contributed by atoms with Gasteiger partial charge in [-0.25, -0.2) is 0 Å². The summed E-state index contributed by atoms with van der Waals surface area (Å²) in [5.74, 6) is -0.952. The molecule has 0 saturated carbocycles. The van der Waals surface area contributed by atoms with Gasteiger partial charge in [0.2, 0.25) is 5.91 Å². The van der Waals surface area contributed by atoms with Crippen LogP contribution in [-0.2, 0) is 4.79 Å². The fourth-order valence-electron chi connectivity index (χ4n) is 1.58. The second-order valence-electron chi connectivity index (χ2n) is 4.07. The van der Waals surface area contributed by atoms with Crippen molar-refractivity contribution in [2.75, 3.05) is 0 Å². The molecule has 1 heterocycles. The molecule has 1 rings (SSSR count). The molecule has 1 aromatic heterocycles. The van der Waals surface area contributed by atoms with Crippen molar-refractivity contribution in [3.8, 4) is 6.07 Å². The van der Waals surface area contributed by atoms with Crippen LogP contribution in [0.25, 0.3) is 0 Å². The van der Waals surface area contributed by atoms with Crippen molar-refractivity contribution in [1.29, 1.82) is 5.26 Å². The van der Waals surface area contributed by atoms with E-state index < -0.39 is 11.9 Å². The number of nitriles is 1. The van der Waals surface area contributed by atoms with E-state index >= 15 is 0 Å². The molecule has 19 heavy (non-hydrogen) atoms. The highest BCUT2D eigenvalue weighted by atomic mass is 16.2. The van der Waals surface area contributed by atoms with Gasteiger partial charge in [-0.15, -0.1) is 0 Å². The molecule has 0 spiro atoms. The van der Waals surface area contributed by atoms with Crippen LogP contribution in [0, 0.1) is 11.3 Å². The van der Waals surface area contributed by atoms with E-state index in [0.717, 1.165) is 0 Å². The average molecular weight is 260 g/mol. The lowest BCUT2D eigenvalue weighted by molar-refractivity contribution is -0.120. The molecule has 0 aliphatic carbocycles. The number of hydrogen-bond acceptors (Lipinski definition) is 4. The molecule has 3 N–H and O–H groups in total. The van der Waals surface area contributed by atoms with Crippen molar-refractivity contribution >= 4 is 11.8 Å². The third-order valence-corrected chi connectivity index (χ3v) is 2.60. The van der Waals surface area contributed by atoms with Crippen LogP contribution in [0.3, 0.4) is 0 Å². The number of pyridine rings is 1. The normalized spacial score (nSPS) is 11.3. The predicted molar refractivity (Wildman–Crippen MR) is 68.8 cm³/mol. The Labute approximate surface area is 111 Å². The molecule has 0 saturated heterocycles. The van der Waals surface area contributed by atoms with Gasteiger partial charge in [0.15, 0.2) is 0 Å². The van der Waals surface area contributed by atoms with E-state index in [0.29, 0.717) is 31.2 Å². The number of carbonyl (C=O) groups is 2. The zero-order chi connectivity index (χ0) is 14.1. The van der Waals surface area contributed by atoms with E-state index in [2.05, 4.69) is 10.3 Å². The monoisotopic (exact) mass is 260 g/mol. The second-order valence-corrected chi connectivity index (χ2v) is 4.07. The molecule has 100 valence electrons. The minimum absolute atomic E-state index is 0.378. The van der Waals surface area contributed by atoms with Crippen LogP contribution in [0.2, 0.25) is 0 Å². The zero-order valence-corrected chi connectivity index (χ0v) is 10.5. The van der Waals surface area contributed by atoms with Gasteiger partial charge in [-0.05, 0) is 31.4 Å². The van der Waals surface area contributed by atoms with E-state index in [4.69, 9.17) is 11.0 Å². The number of carbonyl (C=O) groups excluding carboxylic acids is 2. The Morgan fingerprint density at radius 1 is 1.47 bits per heavy atom. The van der Waals surface area contributed by atoms with Crippen LogP contribution in [-0.4, -0.2) is 22.8 Å². The van der Waals surface area contributed by atoms with Gasteiger partial charge in [-0.3, -0.25) is 14.6 Å². The quantitative estimate of drug-likeness (QED) is 0.705. The third kappa shape index (κ3) is 5.17. The van der Waals surface area contributed by atoms with Crippen molar-refractivity contribution < 1.29 is 9.59 Å². The van der Waals surface area contributed by atoms with Gasteiger partial charge in [-0.1, -0.05) is 0 Å². The fraction of sp³-hybridized carbons (Fsp3) is 0.385. The molecule has 0 unspecified atom stereocenters. The first-order valence-corrected chi connectivity index (χ1v) is 6.02. The molecule has 0 bridgehead atoms. The molecule has 0 fully saturated rings. The minimum atomic E-state index is -0.716. The lowest BCUT2D eigenvalue weighted by Gasteiger charge is -2.14. The van der Waals surface area contributed by atoms with Gasteiger partial charge >= 0.3 is 0 Å². The fourth-order valence-corrected chi connectivity index (χ4v) is 1.58. The standard InChI is InChI=1S/C13H16N4O2/c14-7-3-1-2-6-11(12(15)18)17-13(19)10-5-4-8-16-9-10/h4-5,8-9,11H,1-3,6H2,(H2,15,18)(H,17,19)/t11-/m0/s1. The summed E-state index contributed by atoms with van der Waals surface area (Å²) in [6, 6.07) is 4.56. The second kappa shape index (κ2) is 7.82. The maximum absolute atomic E-state index is 11.8. The summed E-state index contributed by atoms with van der Waals surface area (Å²) >= 11 is 0. The number of nitrogens with two attached hydrogens (primary N) is 1. The van der Waals surface area contributed by atoms with E-state index in [9.17, 15) is 9.59 Å². The van der Waals surface area contributed by atoms with Crippen LogP contribution in [0.1, 0.15) is 36.0 Å². The molecule has 0 aliphatic rings. The maximum atomic E-state index is 11.8. The summed E-state index contributed by atoms with van der Waals surface area (Å²) in [6.45, 7) is 0. The SMILES string of the molecule is N#CCCCC[C@H](NC(=O)c1cccnc1)C(N)=O. The maximum Gasteiger partial charge on any atom is 0.253 e. The number of nitrogens with zero attached hydrogens (tertiary/aromatic N) is 2. The Morgan fingerprint density at radius 2 is 2.26 bits per heavy atom. The summed E-state index contributed by atoms with van der Waals surface area (Å²) in [4.78, 5) is 26.9. The molecule has 1 atom stereocenters. The van der Waals surface area contributed by atoms with Crippen LogP contribution in [0.5, 0.6) is 0 Å². The highest BCUT2D eigenvalue weighted by Crippen LogP contribution is 2.05. The van der Waals surface area contributed by atoms with Gasteiger partial charge in [-0.2, -0.15) is 5.26 Å². The Bertz CT molecular complexity index is 467. The van der Waals surface area contributed by atoms with Crippen LogP contribution in [0.15, 0.2) is 24.5 Å². The Kier molecular flexibility index (Phi) is 6.03. The summed E-state index contributed by atoms with van der Waals surface area (Å²) in [7, 11) is 0. The summed E-state index contributed by atoms with van der Waals surface area (Å²) in [5.41, 5.74) is 5.62. The summed E-state index contributed by atoms with van der Waals surface area (Å²) in [5, 5.41) is 11.0. The van der Waals surface area contributed by atoms with E-state index in [1.165, 1.54) is 6.20 Å². The van der Waals surface area contributed by atoms with E-state index in [1.807, 2.05) is 6.07 Å². The molecular weight excluding hydrogens is 244 g/mol. The number of primary amides is 1. The van der Waals surface area contributed by atoms with Crippen molar-refractivity contribution in [2.24, 2.45) is 5.73 Å². The zero-order valence-electron chi connectivity index (χ0n) is 10.5. The first-order valence-electron chi connectivity index (χ1n) is 6.02. The summed E-state index contributed by atoms with van der Waals surface area (Å²) < 4.78 is 0. The van der Waals surface area contributed by atoms with Crippen molar-refractivity contribution in [1.82, 2.24) is 10.3 Å². The minimum Gasteiger partial charge on any atom is -0.368 e. The predicted octanol–water partition coefficient (Wildman–Crippen LogP) is 0.749. The largest absolute Gasteiger partial charge is 0.368 e. The Balaban J connectivity index is 2.52. The van der Waals surface area contributed by atoms with Crippen LogP contribution in [0.4, 0.5) is 0 Å². The molecule has 6 nitrogen and oxygen atoms in total. The molecule has 2 amide bonds. The third-order valence-electron chi connectivity index (χ3n) is 2.60. The van der Waals surface area contributed by atoms with Crippen molar-refractivity contribution in [3.63, 3.8) is 0 Å². The number of amides is 2. The molecule has 0 radical (unpaired) electrons. The first kappa shape index (κ1) is 14.6. The number of nitrogens with one attached hydrogen (secondary N) is 1. The van der Waals surface area contributed by atoms with Crippen LogP contribution < -0.4 is 11.1 Å². The molecule has 6 heteroatoms. The average Bonchev–Trinajstić information content (AvgIpc) is 2.42. The number of unbranched alkanes of at least 4 members (excludes halogenated alkanes) is 2. The highest BCUT2D eigenvalue weighted by molar-refractivity contribution is 5.96. The number of rotatable bonds is 7. The molecule has 0 aliphatic heterocycles. The molecule has 0 aromatic carbocycles. The van der Waals surface area contributed by atoms with Gasteiger partial charge in [0.25, 0.3) is 5.91 Å². The van der Waals surface area contributed by atoms with Crippen LogP contribution >= 0.6 is 0 Å². The van der Waals surface area contributed by atoms with E-state index in [1.54, 1.807) is 18.3 Å². The first-order chi connectivity index (χ1) is 9.15. The van der Waals surface area contributed by atoms with Crippen molar-refractivity contribution in [2.45, 2.75) is 31.7 Å². The Hall–Kier alpha value is -2.42. The van der Waals surface area contributed by atoms with Gasteiger partial charge < -0.3 is 11.1 Å².